The molecule has 0 saturated carbocycles. The molecule has 1 aromatic rings. The van der Waals surface area contributed by atoms with Crippen molar-refractivity contribution in [3.63, 3.8) is 0 Å². The van der Waals surface area contributed by atoms with Crippen molar-refractivity contribution in [1.82, 2.24) is 16.0 Å². The number of hydrogen-bond acceptors (Lipinski definition) is 9. The topological polar surface area (TPSA) is 254 Å². The van der Waals surface area contributed by atoms with Gasteiger partial charge in [0.1, 0.15) is 23.9 Å². The molecule has 0 spiro atoms. The SMILES string of the molecule is CC(O)C(NC(=O)C(Cc1ccc(O)cc1)NC(=O)C(CCC(N)=O)NC(=O)C(N)CO)C(=O)O. The maximum Gasteiger partial charge on any atom is 0.328 e. The summed E-state index contributed by atoms with van der Waals surface area (Å²) in [6, 6.07) is -0.147. The smallest absolute Gasteiger partial charge is 0.328 e. The number of aliphatic hydroxyl groups excluding tert-OH is 2. The molecular formula is C21H31N5O9. The van der Waals surface area contributed by atoms with Crippen molar-refractivity contribution < 1.29 is 44.4 Å². The third-order valence-corrected chi connectivity index (χ3v) is 4.90. The van der Waals surface area contributed by atoms with Crippen LogP contribution in [0.4, 0.5) is 0 Å². The van der Waals surface area contributed by atoms with E-state index in [2.05, 4.69) is 16.0 Å². The summed E-state index contributed by atoms with van der Waals surface area (Å²) in [5, 5.41) is 44.2. The molecule has 0 bridgehead atoms. The summed E-state index contributed by atoms with van der Waals surface area (Å²) in [5.74, 6) is -5.07. The van der Waals surface area contributed by atoms with E-state index in [9.17, 15) is 39.3 Å². The highest BCUT2D eigenvalue weighted by Gasteiger charge is 2.32. The predicted octanol–water partition coefficient (Wildman–Crippen LogP) is -3.56. The number of hydrogen-bond donors (Lipinski definition) is 9. The monoisotopic (exact) mass is 497 g/mol. The van der Waals surface area contributed by atoms with Crippen molar-refractivity contribution in [2.45, 2.75) is 56.5 Å². The minimum atomic E-state index is -1.67. The first-order valence-electron chi connectivity index (χ1n) is 10.6. The predicted molar refractivity (Wildman–Crippen MR) is 120 cm³/mol. The summed E-state index contributed by atoms with van der Waals surface area (Å²) in [5.41, 5.74) is 11.0. The van der Waals surface area contributed by atoms with Crippen molar-refractivity contribution >= 4 is 29.6 Å². The van der Waals surface area contributed by atoms with Gasteiger partial charge in [0, 0.05) is 12.8 Å². The molecule has 0 heterocycles. The van der Waals surface area contributed by atoms with Gasteiger partial charge in [0.05, 0.1) is 12.7 Å². The number of carbonyl (C=O) groups excluding carboxylic acids is 4. The average molecular weight is 498 g/mol. The fourth-order valence-electron chi connectivity index (χ4n) is 2.91. The Morgan fingerprint density at radius 2 is 1.49 bits per heavy atom. The highest BCUT2D eigenvalue weighted by atomic mass is 16.4. The molecule has 194 valence electrons. The van der Waals surface area contributed by atoms with Crippen molar-refractivity contribution in [2.75, 3.05) is 6.61 Å². The molecule has 0 saturated heterocycles. The summed E-state index contributed by atoms with van der Waals surface area (Å²) < 4.78 is 0. The van der Waals surface area contributed by atoms with Crippen LogP contribution in [0.5, 0.6) is 5.75 Å². The fourth-order valence-corrected chi connectivity index (χ4v) is 2.91. The number of aliphatic hydroxyl groups is 2. The number of carbonyl (C=O) groups is 5. The van der Waals surface area contributed by atoms with Gasteiger partial charge in [-0.05, 0) is 31.0 Å². The lowest BCUT2D eigenvalue weighted by Gasteiger charge is -2.25. The average Bonchev–Trinajstić information content (AvgIpc) is 2.79. The van der Waals surface area contributed by atoms with Crippen molar-refractivity contribution in [3.8, 4) is 5.75 Å². The third kappa shape index (κ3) is 9.95. The molecule has 1 aromatic carbocycles. The Balaban J connectivity index is 3.17. The van der Waals surface area contributed by atoms with Gasteiger partial charge in [-0.3, -0.25) is 19.2 Å². The zero-order valence-electron chi connectivity index (χ0n) is 19.0. The van der Waals surface area contributed by atoms with Crippen LogP contribution in [0, 0.1) is 0 Å². The molecule has 11 N–H and O–H groups in total. The zero-order chi connectivity index (χ0) is 26.7. The molecule has 5 unspecified atom stereocenters. The lowest BCUT2D eigenvalue weighted by molar-refractivity contribution is -0.145. The number of carboxylic acids is 1. The maximum absolute atomic E-state index is 12.9. The summed E-state index contributed by atoms with van der Waals surface area (Å²) >= 11 is 0. The summed E-state index contributed by atoms with van der Waals surface area (Å²) in [6.45, 7) is 0.449. The second-order valence-corrected chi connectivity index (χ2v) is 7.85. The molecule has 5 atom stereocenters. The second kappa shape index (κ2) is 13.8. The minimum absolute atomic E-state index is 0.0479. The van der Waals surface area contributed by atoms with Crippen LogP contribution >= 0.6 is 0 Å². The fraction of sp³-hybridized carbons (Fsp3) is 0.476. The van der Waals surface area contributed by atoms with E-state index in [1.807, 2.05) is 0 Å². The van der Waals surface area contributed by atoms with Crippen molar-refractivity contribution in [1.29, 1.82) is 0 Å². The second-order valence-electron chi connectivity index (χ2n) is 7.85. The molecule has 0 aliphatic carbocycles. The first-order chi connectivity index (χ1) is 16.3. The van der Waals surface area contributed by atoms with Crippen LogP contribution in [0.3, 0.4) is 0 Å². The van der Waals surface area contributed by atoms with Crippen LogP contribution in [0.15, 0.2) is 24.3 Å². The highest BCUT2D eigenvalue weighted by Crippen LogP contribution is 2.12. The van der Waals surface area contributed by atoms with E-state index in [4.69, 9.17) is 16.6 Å². The lowest BCUT2D eigenvalue weighted by Crippen LogP contribution is -2.59. The maximum atomic E-state index is 12.9. The van der Waals surface area contributed by atoms with Crippen LogP contribution in [0.25, 0.3) is 0 Å². The van der Waals surface area contributed by atoms with Crippen LogP contribution < -0.4 is 27.4 Å². The van der Waals surface area contributed by atoms with Gasteiger partial charge in [0.25, 0.3) is 0 Å². The van der Waals surface area contributed by atoms with E-state index in [1.165, 1.54) is 24.3 Å². The first kappa shape index (κ1) is 29.3. The third-order valence-electron chi connectivity index (χ3n) is 4.90. The number of benzene rings is 1. The van der Waals surface area contributed by atoms with E-state index < -0.39 is 66.5 Å². The number of phenolic OH excluding ortho intramolecular Hbond substituents is 1. The van der Waals surface area contributed by atoms with E-state index >= 15 is 0 Å². The number of rotatable bonds is 14. The summed E-state index contributed by atoms with van der Waals surface area (Å²) in [7, 11) is 0. The number of aromatic hydroxyl groups is 1. The Kier molecular flexibility index (Phi) is 11.6. The number of nitrogens with one attached hydrogen (secondary N) is 3. The zero-order valence-corrected chi connectivity index (χ0v) is 19.0. The van der Waals surface area contributed by atoms with Gasteiger partial charge in [0.2, 0.25) is 23.6 Å². The van der Waals surface area contributed by atoms with Crippen LogP contribution in [-0.2, 0) is 30.4 Å². The van der Waals surface area contributed by atoms with Gasteiger partial charge in [-0.15, -0.1) is 0 Å². The van der Waals surface area contributed by atoms with Gasteiger partial charge in [-0.1, -0.05) is 12.1 Å². The molecule has 0 fully saturated rings. The molecule has 35 heavy (non-hydrogen) atoms. The standard InChI is InChI=1S/C21H31N5O9/c1-10(28)17(21(34)35)26-20(33)15(8-11-2-4-12(29)5-3-11)25-19(32)14(6-7-16(23)30)24-18(31)13(22)9-27/h2-5,10,13-15,17,27-29H,6-9,22H2,1H3,(H2,23,30)(H,24,31)(H,25,32)(H,26,33)(H,34,35). The summed E-state index contributed by atoms with van der Waals surface area (Å²) in [4.78, 5) is 60.5. The van der Waals surface area contributed by atoms with E-state index in [0.717, 1.165) is 6.92 Å². The van der Waals surface area contributed by atoms with Gasteiger partial charge in [-0.2, -0.15) is 0 Å². The molecule has 14 heteroatoms. The molecule has 0 aromatic heterocycles. The van der Waals surface area contributed by atoms with Crippen LogP contribution in [-0.4, -0.2) is 86.9 Å². The normalized spacial score (nSPS) is 15.1. The van der Waals surface area contributed by atoms with Gasteiger partial charge < -0.3 is 47.8 Å². The Morgan fingerprint density at radius 3 is 1.97 bits per heavy atom. The van der Waals surface area contributed by atoms with Crippen molar-refractivity contribution in [2.24, 2.45) is 11.5 Å². The van der Waals surface area contributed by atoms with Gasteiger partial charge >= 0.3 is 5.97 Å². The molecule has 1 rings (SSSR count). The van der Waals surface area contributed by atoms with E-state index in [1.54, 1.807) is 0 Å². The first-order valence-corrected chi connectivity index (χ1v) is 10.6. The highest BCUT2D eigenvalue weighted by molar-refractivity contribution is 5.94. The van der Waals surface area contributed by atoms with Crippen molar-refractivity contribution in [3.05, 3.63) is 29.8 Å². The Labute approximate surface area is 200 Å². The van der Waals surface area contributed by atoms with E-state index in [-0.39, 0.29) is 25.0 Å². The molecule has 4 amide bonds. The quantitative estimate of drug-likeness (QED) is 0.122. The number of aliphatic carboxylic acids is 1. The number of phenols is 1. The number of nitrogens with two attached hydrogens (primary N) is 2. The van der Waals surface area contributed by atoms with Crippen LogP contribution in [0.1, 0.15) is 25.3 Å². The largest absolute Gasteiger partial charge is 0.508 e. The Bertz CT molecular complexity index is 907. The lowest BCUT2D eigenvalue weighted by atomic mass is 10.0. The Hall–Kier alpha value is -3.75. The molecule has 0 radical (unpaired) electrons. The van der Waals surface area contributed by atoms with Gasteiger partial charge in [0.15, 0.2) is 6.04 Å². The number of amides is 4. The summed E-state index contributed by atoms with van der Waals surface area (Å²) in [6.07, 6.45) is -2.16. The molecule has 0 aliphatic rings. The minimum Gasteiger partial charge on any atom is -0.508 e. The molecule has 0 aliphatic heterocycles. The number of primary amides is 1. The van der Waals surface area contributed by atoms with Crippen LogP contribution in [0.2, 0.25) is 0 Å². The number of carboxylic acid groups (broad SMARTS) is 1. The van der Waals surface area contributed by atoms with E-state index in [0.29, 0.717) is 5.56 Å². The molecular weight excluding hydrogens is 466 g/mol. The Morgan fingerprint density at radius 1 is 0.943 bits per heavy atom. The van der Waals surface area contributed by atoms with Gasteiger partial charge in [-0.25, -0.2) is 4.79 Å². The molecule has 14 nitrogen and oxygen atoms in total.